The van der Waals surface area contributed by atoms with Crippen molar-refractivity contribution in [3.8, 4) is 0 Å². The molecule has 0 aromatic carbocycles. The van der Waals surface area contributed by atoms with Crippen LogP contribution < -0.4 is 10.9 Å². The molecule has 106 valence electrons. The largest absolute Gasteiger partial charge is 0.380 e. The van der Waals surface area contributed by atoms with Crippen LogP contribution in [0, 0.1) is 0 Å². The maximum atomic E-state index is 11.8. The number of ether oxygens (including phenoxy) is 1. The van der Waals surface area contributed by atoms with Gasteiger partial charge in [0.15, 0.2) is 0 Å². The Morgan fingerprint density at radius 2 is 2.42 bits per heavy atom. The smallest absolute Gasteiger partial charge is 0.287 e. The molecule has 1 N–H and O–H groups in total. The van der Waals surface area contributed by atoms with Crippen LogP contribution >= 0.6 is 11.6 Å². The van der Waals surface area contributed by atoms with Crippen LogP contribution in [0.3, 0.4) is 0 Å². The van der Waals surface area contributed by atoms with Crippen molar-refractivity contribution in [2.24, 2.45) is 0 Å². The van der Waals surface area contributed by atoms with Crippen molar-refractivity contribution < 1.29 is 4.74 Å². The average Bonchev–Trinajstić information content (AvgIpc) is 2.41. The zero-order valence-electron chi connectivity index (χ0n) is 11.2. The minimum atomic E-state index is -0.268. The number of morpholine rings is 1. The van der Waals surface area contributed by atoms with Crippen molar-refractivity contribution in [3.05, 3.63) is 21.6 Å². The third-order valence-corrected chi connectivity index (χ3v) is 3.51. The van der Waals surface area contributed by atoms with E-state index in [-0.39, 0.29) is 16.7 Å². The number of rotatable bonds is 4. The summed E-state index contributed by atoms with van der Waals surface area (Å²) in [5.41, 5.74) is 0.295. The third-order valence-electron chi connectivity index (χ3n) is 3.15. The molecule has 1 aliphatic rings. The van der Waals surface area contributed by atoms with Gasteiger partial charge in [-0.1, -0.05) is 11.6 Å². The maximum absolute atomic E-state index is 11.8. The van der Waals surface area contributed by atoms with Gasteiger partial charge in [0.05, 0.1) is 24.6 Å². The van der Waals surface area contributed by atoms with Crippen LogP contribution in [0.1, 0.15) is 6.92 Å². The molecule has 7 heteroatoms. The second kappa shape index (κ2) is 6.36. The quantitative estimate of drug-likeness (QED) is 0.881. The van der Waals surface area contributed by atoms with E-state index in [1.54, 1.807) is 6.20 Å². The molecular formula is C12H19ClN4O2. The van der Waals surface area contributed by atoms with E-state index < -0.39 is 0 Å². The lowest BCUT2D eigenvalue weighted by molar-refractivity contribution is -0.0117. The topological polar surface area (TPSA) is 59.4 Å². The molecule has 1 atom stereocenters. The lowest BCUT2D eigenvalue weighted by Crippen LogP contribution is -2.43. The molecule has 1 aromatic rings. The Hall–Kier alpha value is -1.11. The minimum absolute atomic E-state index is 0.100. The number of halogens is 1. The van der Waals surface area contributed by atoms with Crippen molar-refractivity contribution >= 4 is 17.3 Å². The van der Waals surface area contributed by atoms with Crippen LogP contribution in [-0.2, 0) is 11.3 Å². The molecule has 1 saturated heterocycles. The Bertz CT molecular complexity index is 491. The van der Waals surface area contributed by atoms with E-state index in [1.807, 2.05) is 6.92 Å². The first-order valence-electron chi connectivity index (χ1n) is 6.41. The molecule has 0 aliphatic carbocycles. The first kappa shape index (κ1) is 14.3. The van der Waals surface area contributed by atoms with Gasteiger partial charge in [-0.05, 0) is 14.0 Å². The lowest BCUT2D eigenvalue weighted by Gasteiger charge is -2.30. The number of anilines is 1. The lowest BCUT2D eigenvalue weighted by atomic mass is 10.3. The van der Waals surface area contributed by atoms with E-state index in [0.29, 0.717) is 18.8 Å². The average molecular weight is 287 g/mol. The summed E-state index contributed by atoms with van der Waals surface area (Å²) in [4.78, 5) is 14.0. The van der Waals surface area contributed by atoms with Gasteiger partial charge >= 0.3 is 0 Å². The van der Waals surface area contributed by atoms with Gasteiger partial charge in [0.1, 0.15) is 5.02 Å². The van der Waals surface area contributed by atoms with Gasteiger partial charge in [0.2, 0.25) is 0 Å². The molecule has 1 fully saturated rings. The van der Waals surface area contributed by atoms with E-state index in [2.05, 4.69) is 22.4 Å². The van der Waals surface area contributed by atoms with E-state index in [0.717, 1.165) is 19.7 Å². The highest BCUT2D eigenvalue weighted by molar-refractivity contribution is 6.32. The Morgan fingerprint density at radius 3 is 3.11 bits per heavy atom. The van der Waals surface area contributed by atoms with Crippen LogP contribution in [-0.4, -0.2) is 54.1 Å². The van der Waals surface area contributed by atoms with Crippen molar-refractivity contribution in [3.63, 3.8) is 0 Å². The zero-order valence-corrected chi connectivity index (χ0v) is 12.0. The number of nitrogens with one attached hydrogen (secondary N) is 1. The fraction of sp³-hybridized carbons (Fsp3) is 0.667. The molecule has 0 radical (unpaired) electrons. The molecule has 2 heterocycles. The van der Waals surface area contributed by atoms with E-state index in [4.69, 9.17) is 16.3 Å². The molecule has 0 spiro atoms. The summed E-state index contributed by atoms with van der Waals surface area (Å²) in [6, 6.07) is 0. The SMILES string of the molecule is CCn1ncc(NCC2CN(C)CCO2)c(Cl)c1=O. The summed E-state index contributed by atoms with van der Waals surface area (Å²) in [5, 5.41) is 7.36. The number of likely N-dealkylation sites (N-methyl/N-ethyl adjacent to an activating group) is 1. The fourth-order valence-corrected chi connectivity index (χ4v) is 2.24. The Labute approximate surface area is 117 Å². The molecule has 0 saturated carbocycles. The van der Waals surface area contributed by atoms with Gasteiger partial charge in [-0.15, -0.1) is 0 Å². The van der Waals surface area contributed by atoms with Gasteiger partial charge in [0.25, 0.3) is 5.56 Å². The molecule has 1 aromatic heterocycles. The van der Waals surface area contributed by atoms with E-state index >= 15 is 0 Å². The molecule has 1 unspecified atom stereocenters. The Morgan fingerprint density at radius 1 is 1.63 bits per heavy atom. The fourth-order valence-electron chi connectivity index (χ4n) is 2.03. The van der Waals surface area contributed by atoms with Gasteiger partial charge in [-0.3, -0.25) is 4.79 Å². The molecule has 0 bridgehead atoms. The second-order valence-electron chi connectivity index (χ2n) is 4.63. The van der Waals surface area contributed by atoms with Gasteiger partial charge in [-0.2, -0.15) is 5.10 Å². The summed E-state index contributed by atoms with van der Waals surface area (Å²) in [7, 11) is 2.06. The monoisotopic (exact) mass is 286 g/mol. The summed E-state index contributed by atoms with van der Waals surface area (Å²) in [6.45, 7) is 5.52. The number of aromatic nitrogens is 2. The first-order valence-corrected chi connectivity index (χ1v) is 6.79. The van der Waals surface area contributed by atoms with Crippen LogP contribution in [0.4, 0.5) is 5.69 Å². The number of hydrogen-bond donors (Lipinski definition) is 1. The summed E-state index contributed by atoms with van der Waals surface area (Å²) in [6.07, 6.45) is 1.68. The van der Waals surface area contributed by atoms with Crippen molar-refractivity contribution in [2.75, 3.05) is 38.6 Å². The van der Waals surface area contributed by atoms with Crippen LogP contribution in [0.2, 0.25) is 5.02 Å². The van der Waals surface area contributed by atoms with E-state index in [1.165, 1.54) is 4.68 Å². The summed E-state index contributed by atoms with van der Waals surface area (Å²) >= 11 is 6.04. The predicted molar refractivity (Wildman–Crippen MR) is 74.9 cm³/mol. The Balaban J connectivity index is 2.00. The van der Waals surface area contributed by atoms with E-state index in [9.17, 15) is 4.79 Å². The van der Waals surface area contributed by atoms with Crippen molar-refractivity contribution in [2.45, 2.75) is 19.6 Å². The van der Waals surface area contributed by atoms with Crippen molar-refractivity contribution in [1.29, 1.82) is 0 Å². The predicted octanol–water partition coefficient (Wildman–Crippen LogP) is 0.659. The highest BCUT2D eigenvalue weighted by Crippen LogP contribution is 2.15. The van der Waals surface area contributed by atoms with Crippen LogP contribution in [0.25, 0.3) is 0 Å². The number of aryl methyl sites for hydroxylation is 1. The molecule has 1 aliphatic heterocycles. The molecule has 6 nitrogen and oxygen atoms in total. The minimum Gasteiger partial charge on any atom is -0.380 e. The number of hydrogen-bond acceptors (Lipinski definition) is 5. The van der Waals surface area contributed by atoms with Gasteiger partial charge in [0, 0.05) is 26.2 Å². The normalized spacial score (nSPS) is 20.5. The molecular weight excluding hydrogens is 268 g/mol. The summed E-state index contributed by atoms with van der Waals surface area (Å²) < 4.78 is 6.97. The van der Waals surface area contributed by atoms with Gasteiger partial charge < -0.3 is 15.0 Å². The van der Waals surface area contributed by atoms with Crippen molar-refractivity contribution in [1.82, 2.24) is 14.7 Å². The highest BCUT2D eigenvalue weighted by atomic mass is 35.5. The van der Waals surface area contributed by atoms with Gasteiger partial charge in [-0.25, -0.2) is 4.68 Å². The molecule has 0 amide bonds. The summed E-state index contributed by atoms with van der Waals surface area (Å²) in [5.74, 6) is 0. The zero-order chi connectivity index (χ0) is 13.8. The third kappa shape index (κ3) is 3.46. The Kier molecular flexibility index (Phi) is 4.79. The second-order valence-corrected chi connectivity index (χ2v) is 5.01. The highest BCUT2D eigenvalue weighted by Gasteiger charge is 2.18. The molecule has 19 heavy (non-hydrogen) atoms. The first-order chi connectivity index (χ1) is 9.11. The molecule has 2 rings (SSSR count). The standard InChI is InChI=1S/C12H19ClN4O2/c1-3-17-12(18)11(13)10(7-15-17)14-6-9-8-16(2)4-5-19-9/h7,9,14H,3-6,8H2,1-2H3. The van der Waals surface area contributed by atoms with Crippen LogP contribution in [0.15, 0.2) is 11.0 Å². The number of nitrogens with zero attached hydrogens (tertiary/aromatic N) is 3. The van der Waals surface area contributed by atoms with Crippen LogP contribution in [0.5, 0.6) is 0 Å². The maximum Gasteiger partial charge on any atom is 0.287 e.